The lowest BCUT2D eigenvalue weighted by molar-refractivity contribution is -0.138. The number of carbonyl (C=O) groups is 2. The van der Waals surface area contributed by atoms with Crippen LogP contribution in [-0.4, -0.2) is 85.7 Å². The second-order valence-corrected chi connectivity index (χ2v) is 5.83. The maximum Gasteiger partial charge on any atom is 0.242 e. The molecule has 1 unspecified atom stereocenters. The molecular weight excluding hydrogens is 260 g/mol. The molecule has 7 heteroatoms. The highest BCUT2D eigenvalue weighted by molar-refractivity contribution is 5.89. The summed E-state index contributed by atoms with van der Waals surface area (Å²) in [5.74, 6) is -0.0643. The van der Waals surface area contributed by atoms with Crippen molar-refractivity contribution < 1.29 is 14.3 Å². The van der Waals surface area contributed by atoms with Crippen LogP contribution in [0.3, 0.4) is 0 Å². The highest BCUT2D eigenvalue weighted by Crippen LogP contribution is 2.25. The Morgan fingerprint density at radius 2 is 2.10 bits per heavy atom. The predicted octanol–water partition coefficient (Wildman–Crippen LogP) is -1.49. The van der Waals surface area contributed by atoms with Gasteiger partial charge in [-0.25, -0.2) is 5.43 Å². The van der Waals surface area contributed by atoms with Gasteiger partial charge in [-0.1, -0.05) is 0 Å². The van der Waals surface area contributed by atoms with Gasteiger partial charge in [0.15, 0.2) is 0 Å². The Labute approximate surface area is 118 Å². The van der Waals surface area contributed by atoms with E-state index in [1.165, 1.54) is 0 Å². The fourth-order valence-electron chi connectivity index (χ4n) is 3.11. The second kappa shape index (κ2) is 5.67. The number of hydrazine groups is 1. The third-order valence-electron chi connectivity index (χ3n) is 4.27. The van der Waals surface area contributed by atoms with Gasteiger partial charge >= 0.3 is 0 Å². The zero-order chi connectivity index (χ0) is 14.1. The summed E-state index contributed by atoms with van der Waals surface area (Å²) >= 11 is 0. The van der Waals surface area contributed by atoms with Gasteiger partial charge in [0.1, 0.15) is 0 Å². The summed E-state index contributed by atoms with van der Waals surface area (Å²) in [6.07, 6.45) is 0.345. The van der Waals surface area contributed by atoms with Crippen molar-refractivity contribution in [1.82, 2.24) is 20.2 Å². The zero-order valence-electron chi connectivity index (χ0n) is 11.9. The zero-order valence-corrected chi connectivity index (χ0v) is 11.9. The van der Waals surface area contributed by atoms with Crippen LogP contribution in [0.25, 0.3) is 0 Å². The van der Waals surface area contributed by atoms with Gasteiger partial charge in [0.25, 0.3) is 0 Å². The fraction of sp³-hybridized carbons (Fsp3) is 0.846. The van der Waals surface area contributed by atoms with Gasteiger partial charge in [0.2, 0.25) is 11.8 Å². The Morgan fingerprint density at radius 3 is 2.85 bits per heavy atom. The quantitative estimate of drug-likeness (QED) is 0.669. The van der Waals surface area contributed by atoms with Gasteiger partial charge in [-0.15, -0.1) is 0 Å². The molecule has 3 aliphatic heterocycles. The third kappa shape index (κ3) is 2.65. The molecule has 2 amide bonds. The first-order chi connectivity index (χ1) is 9.65. The van der Waals surface area contributed by atoms with Crippen molar-refractivity contribution in [3.8, 4) is 0 Å². The molecule has 0 bridgehead atoms. The Kier molecular flexibility index (Phi) is 3.91. The van der Waals surface area contributed by atoms with Crippen molar-refractivity contribution in [3.05, 3.63) is 0 Å². The molecule has 0 saturated carbocycles. The lowest BCUT2D eigenvalue weighted by Gasteiger charge is -2.42. The van der Waals surface area contributed by atoms with Crippen LogP contribution in [0.4, 0.5) is 0 Å². The van der Waals surface area contributed by atoms with Crippen molar-refractivity contribution in [2.75, 3.05) is 53.0 Å². The largest absolute Gasteiger partial charge is 0.378 e. The van der Waals surface area contributed by atoms with E-state index in [0.29, 0.717) is 45.3 Å². The highest BCUT2D eigenvalue weighted by Gasteiger charge is 2.42. The topological polar surface area (TPSA) is 65.1 Å². The number of nitrogens with one attached hydrogen (secondary N) is 1. The van der Waals surface area contributed by atoms with E-state index < -0.39 is 0 Å². The number of hydrogen-bond donors (Lipinski definition) is 1. The molecule has 0 radical (unpaired) electrons. The second-order valence-electron chi connectivity index (χ2n) is 5.83. The van der Waals surface area contributed by atoms with E-state index in [-0.39, 0.29) is 17.7 Å². The summed E-state index contributed by atoms with van der Waals surface area (Å²) in [4.78, 5) is 28.6. The summed E-state index contributed by atoms with van der Waals surface area (Å²) in [6.45, 7) is 4.77. The SMILES string of the molecule is CN1CC(N2CC(C(=O)N3CCOCCN3)CC2=O)C1. The van der Waals surface area contributed by atoms with Crippen molar-refractivity contribution >= 4 is 11.8 Å². The van der Waals surface area contributed by atoms with Gasteiger partial charge in [0.05, 0.1) is 31.7 Å². The molecule has 3 saturated heterocycles. The standard InChI is InChI=1S/C13H22N4O3/c1-15-8-11(9-15)16-7-10(6-12(16)18)13(19)17-3-5-20-4-2-14-17/h10-11,14H,2-9H2,1H3. The molecule has 0 aromatic carbocycles. The van der Waals surface area contributed by atoms with Crippen LogP contribution < -0.4 is 5.43 Å². The summed E-state index contributed by atoms with van der Waals surface area (Å²) < 4.78 is 5.32. The van der Waals surface area contributed by atoms with E-state index in [1.807, 2.05) is 11.9 Å². The van der Waals surface area contributed by atoms with E-state index in [2.05, 4.69) is 10.3 Å². The molecule has 0 aliphatic carbocycles. The summed E-state index contributed by atoms with van der Waals surface area (Å²) in [6, 6.07) is 0.297. The number of rotatable bonds is 2. The van der Waals surface area contributed by atoms with Crippen molar-refractivity contribution in [3.63, 3.8) is 0 Å². The third-order valence-corrected chi connectivity index (χ3v) is 4.27. The van der Waals surface area contributed by atoms with Crippen LogP contribution in [0.5, 0.6) is 0 Å². The molecule has 20 heavy (non-hydrogen) atoms. The van der Waals surface area contributed by atoms with Crippen LogP contribution in [0.1, 0.15) is 6.42 Å². The van der Waals surface area contributed by atoms with Crippen LogP contribution in [0, 0.1) is 5.92 Å². The lowest BCUT2D eigenvalue weighted by atomic mass is 10.1. The molecule has 7 nitrogen and oxygen atoms in total. The number of likely N-dealkylation sites (N-methyl/N-ethyl adjacent to an activating group) is 1. The first-order valence-corrected chi connectivity index (χ1v) is 7.26. The average Bonchev–Trinajstić information content (AvgIpc) is 2.63. The number of ether oxygens (including phenoxy) is 1. The molecule has 3 rings (SSSR count). The van der Waals surface area contributed by atoms with E-state index in [9.17, 15) is 9.59 Å². The maximum absolute atomic E-state index is 12.5. The molecule has 0 spiro atoms. The van der Waals surface area contributed by atoms with Gasteiger partial charge in [-0.2, -0.15) is 0 Å². The minimum Gasteiger partial charge on any atom is -0.378 e. The number of amides is 2. The molecule has 3 heterocycles. The molecule has 0 aromatic heterocycles. The van der Waals surface area contributed by atoms with Crippen molar-refractivity contribution in [2.24, 2.45) is 5.92 Å². The Balaban J connectivity index is 1.57. The van der Waals surface area contributed by atoms with Gasteiger partial charge in [0, 0.05) is 32.6 Å². The minimum atomic E-state index is -0.209. The maximum atomic E-state index is 12.5. The van der Waals surface area contributed by atoms with Crippen LogP contribution in [0.15, 0.2) is 0 Å². The van der Waals surface area contributed by atoms with Crippen molar-refractivity contribution in [2.45, 2.75) is 12.5 Å². The molecule has 112 valence electrons. The van der Waals surface area contributed by atoms with Gasteiger partial charge in [-0.3, -0.25) is 14.6 Å². The predicted molar refractivity (Wildman–Crippen MR) is 71.6 cm³/mol. The van der Waals surface area contributed by atoms with E-state index in [1.54, 1.807) is 5.01 Å². The Hall–Kier alpha value is -1.18. The van der Waals surface area contributed by atoms with E-state index in [0.717, 1.165) is 13.1 Å². The van der Waals surface area contributed by atoms with E-state index in [4.69, 9.17) is 4.74 Å². The number of likely N-dealkylation sites (tertiary alicyclic amines) is 2. The smallest absolute Gasteiger partial charge is 0.242 e. The number of nitrogens with zero attached hydrogens (tertiary/aromatic N) is 3. The fourth-order valence-corrected chi connectivity index (χ4v) is 3.11. The molecule has 1 atom stereocenters. The molecule has 0 aromatic rings. The molecule has 3 aliphatic rings. The monoisotopic (exact) mass is 282 g/mol. The minimum absolute atomic E-state index is 0.0269. The van der Waals surface area contributed by atoms with Crippen LogP contribution >= 0.6 is 0 Å². The molecule has 3 fully saturated rings. The average molecular weight is 282 g/mol. The van der Waals surface area contributed by atoms with Crippen molar-refractivity contribution in [1.29, 1.82) is 0 Å². The first kappa shape index (κ1) is 13.8. The van der Waals surface area contributed by atoms with Crippen LogP contribution in [0.2, 0.25) is 0 Å². The summed E-state index contributed by atoms with van der Waals surface area (Å²) in [5.41, 5.74) is 3.07. The normalized spacial score (nSPS) is 29.4. The molecule has 1 N–H and O–H groups in total. The summed E-state index contributed by atoms with van der Waals surface area (Å²) in [7, 11) is 2.04. The number of carbonyl (C=O) groups excluding carboxylic acids is 2. The summed E-state index contributed by atoms with van der Waals surface area (Å²) in [5, 5.41) is 1.63. The highest BCUT2D eigenvalue weighted by atomic mass is 16.5. The van der Waals surface area contributed by atoms with E-state index >= 15 is 0 Å². The number of hydrogen-bond acceptors (Lipinski definition) is 5. The molecular formula is C13H22N4O3. The lowest BCUT2D eigenvalue weighted by Crippen LogP contribution is -2.58. The van der Waals surface area contributed by atoms with Gasteiger partial charge in [-0.05, 0) is 7.05 Å². The Morgan fingerprint density at radius 1 is 1.30 bits per heavy atom. The first-order valence-electron chi connectivity index (χ1n) is 7.26. The Bertz CT molecular complexity index is 389. The van der Waals surface area contributed by atoms with Gasteiger partial charge < -0.3 is 14.5 Å². The van der Waals surface area contributed by atoms with Crippen LogP contribution in [-0.2, 0) is 14.3 Å².